The van der Waals surface area contributed by atoms with Gasteiger partial charge in [-0.25, -0.2) is 9.97 Å². The number of hydrogen-bond acceptors (Lipinski definition) is 5. The van der Waals surface area contributed by atoms with Crippen LogP contribution in [-0.4, -0.2) is 41.5 Å². The van der Waals surface area contributed by atoms with Gasteiger partial charge >= 0.3 is 0 Å². The van der Waals surface area contributed by atoms with Crippen molar-refractivity contribution in [1.29, 1.82) is 0 Å². The molecule has 0 aliphatic carbocycles. The van der Waals surface area contributed by atoms with Gasteiger partial charge in [0.15, 0.2) is 0 Å². The van der Waals surface area contributed by atoms with E-state index < -0.39 is 0 Å². The van der Waals surface area contributed by atoms with Gasteiger partial charge in [-0.15, -0.1) is 0 Å². The number of anilines is 2. The number of amides is 1. The zero-order chi connectivity index (χ0) is 17.5. The summed E-state index contributed by atoms with van der Waals surface area (Å²) < 4.78 is 5.33. The number of unbranched alkanes of at least 4 members (excludes halogenated alkanes) is 1. The Labute approximate surface area is 142 Å². The Bertz CT molecular complexity index is 686. The van der Waals surface area contributed by atoms with Crippen molar-refractivity contribution in [3.05, 3.63) is 41.9 Å². The number of methoxy groups -OCH3 is 1. The molecule has 6 nitrogen and oxygen atoms in total. The summed E-state index contributed by atoms with van der Waals surface area (Å²) >= 11 is 0. The van der Waals surface area contributed by atoms with E-state index in [0.29, 0.717) is 11.5 Å². The van der Waals surface area contributed by atoms with Crippen molar-refractivity contribution in [2.45, 2.75) is 26.7 Å². The average Bonchev–Trinajstić information content (AvgIpc) is 2.60. The van der Waals surface area contributed by atoms with Gasteiger partial charge in [-0.3, -0.25) is 4.79 Å². The van der Waals surface area contributed by atoms with Crippen molar-refractivity contribution in [2.75, 3.05) is 26.0 Å². The first kappa shape index (κ1) is 17.7. The second kappa shape index (κ2) is 8.29. The molecule has 128 valence electrons. The van der Waals surface area contributed by atoms with Crippen LogP contribution in [0.5, 0.6) is 5.75 Å². The van der Waals surface area contributed by atoms with E-state index in [9.17, 15) is 4.79 Å². The van der Waals surface area contributed by atoms with Crippen molar-refractivity contribution in [3.8, 4) is 5.75 Å². The second-order valence-corrected chi connectivity index (χ2v) is 5.70. The van der Waals surface area contributed by atoms with Crippen LogP contribution in [0.25, 0.3) is 0 Å². The fourth-order valence-electron chi connectivity index (χ4n) is 2.25. The zero-order valence-electron chi connectivity index (χ0n) is 14.7. The Morgan fingerprint density at radius 2 is 2.08 bits per heavy atom. The minimum Gasteiger partial charge on any atom is -0.495 e. The molecule has 1 aromatic heterocycles. The smallest absolute Gasteiger partial charge is 0.273 e. The van der Waals surface area contributed by atoms with Crippen molar-refractivity contribution in [2.24, 2.45) is 0 Å². The van der Waals surface area contributed by atoms with Gasteiger partial charge in [0, 0.05) is 13.6 Å². The third kappa shape index (κ3) is 4.44. The third-order valence-corrected chi connectivity index (χ3v) is 3.68. The quantitative estimate of drug-likeness (QED) is 0.843. The average molecular weight is 328 g/mol. The molecule has 6 heteroatoms. The van der Waals surface area contributed by atoms with Crippen LogP contribution >= 0.6 is 0 Å². The van der Waals surface area contributed by atoms with Gasteiger partial charge in [-0.1, -0.05) is 19.4 Å². The lowest BCUT2D eigenvalue weighted by molar-refractivity contribution is 0.0787. The molecular weight excluding hydrogens is 304 g/mol. The molecule has 0 bridgehead atoms. The van der Waals surface area contributed by atoms with Crippen molar-refractivity contribution in [1.82, 2.24) is 14.9 Å². The number of nitrogens with one attached hydrogen (secondary N) is 1. The highest BCUT2D eigenvalue weighted by Crippen LogP contribution is 2.27. The molecule has 24 heavy (non-hydrogen) atoms. The van der Waals surface area contributed by atoms with Crippen molar-refractivity contribution < 1.29 is 9.53 Å². The maximum absolute atomic E-state index is 12.2. The summed E-state index contributed by atoms with van der Waals surface area (Å²) in [5, 5.41) is 3.17. The van der Waals surface area contributed by atoms with Gasteiger partial charge in [-0.05, 0) is 31.0 Å². The van der Waals surface area contributed by atoms with Crippen LogP contribution in [0.4, 0.5) is 11.5 Å². The van der Waals surface area contributed by atoms with Crippen LogP contribution in [0.1, 0.15) is 35.8 Å². The molecule has 1 N–H and O–H groups in total. The van der Waals surface area contributed by atoms with Gasteiger partial charge < -0.3 is 15.0 Å². The number of hydrogen-bond donors (Lipinski definition) is 1. The summed E-state index contributed by atoms with van der Waals surface area (Å²) in [6.07, 6.45) is 5.07. The lowest BCUT2D eigenvalue weighted by Gasteiger charge is -2.16. The lowest BCUT2D eigenvalue weighted by atomic mass is 10.2. The SMILES string of the molecule is CCCCN(C)C(=O)c1cnc(Nc2cc(C)ccc2OC)cn1. The Morgan fingerprint density at radius 1 is 1.29 bits per heavy atom. The standard InChI is InChI=1S/C18H24N4O2/c1-5-6-9-22(3)18(23)15-11-20-17(12-19-15)21-14-10-13(2)7-8-16(14)24-4/h7-8,10-12H,5-6,9H2,1-4H3,(H,20,21). The van der Waals surface area contributed by atoms with Crippen LogP contribution in [0.15, 0.2) is 30.6 Å². The molecule has 0 radical (unpaired) electrons. The molecule has 0 aliphatic rings. The number of aromatic nitrogens is 2. The van der Waals surface area contributed by atoms with E-state index in [2.05, 4.69) is 22.2 Å². The molecule has 1 amide bonds. The van der Waals surface area contributed by atoms with E-state index in [1.807, 2.05) is 25.1 Å². The van der Waals surface area contributed by atoms with Crippen LogP contribution in [0, 0.1) is 6.92 Å². The fraction of sp³-hybridized carbons (Fsp3) is 0.389. The van der Waals surface area contributed by atoms with E-state index in [4.69, 9.17) is 4.74 Å². The normalized spacial score (nSPS) is 10.3. The van der Waals surface area contributed by atoms with E-state index in [0.717, 1.165) is 36.4 Å². The molecule has 0 unspecified atom stereocenters. The van der Waals surface area contributed by atoms with Crippen LogP contribution in [0.2, 0.25) is 0 Å². The Morgan fingerprint density at radius 3 is 2.71 bits per heavy atom. The molecule has 0 spiro atoms. The molecule has 1 aromatic carbocycles. The number of ether oxygens (including phenoxy) is 1. The lowest BCUT2D eigenvalue weighted by Crippen LogP contribution is -2.28. The third-order valence-electron chi connectivity index (χ3n) is 3.68. The molecule has 2 aromatic rings. The number of carbonyl (C=O) groups excluding carboxylic acids is 1. The molecule has 0 atom stereocenters. The van der Waals surface area contributed by atoms with E-state index in [1.54, 1.807) is 25.3 Å². The number of aryl methyl sites for hydroxylation is 1. The number of nitrogens with zero attached hydrogens (tertiary/aromatic N) is 3. The predicted molar refractivity (Wildman–Crippen MR) is 94.9 cm³/mol. The molecular formula is C18H24N4O2. The molecule has 0 saturated heterocycles. The summed E-state index contributed by atoms with van der Waals surface area (Å²) in [6, 6.07) is 5.84. The van der Waals surface area contributed by atoms with Crippen LogP contribution < -0.4 is 10.1 Å². The molecule has 1 heterocycles. The van der Waals surface area contributed by atoms with Gasteiger partial charge in [0.2, 0.25) is 0 Å². The fourth-order valence-corrected chi connectivity index (χ4v) is 2.25. The molecule has 0 aliphatic heterocycles. The summed E-state index contributed by atoms with van der Waals surface area (Å²) in [6.45, 7) is 4.82. The summed E-state index contributed by atoms with van der Waals surface area (Å²) in [7, 11) is 3.40. The number of rotatable bonds is 7. The first-order chi connectivity index (χ1) is 11.5. The molecule has 0 fully saturated rings. The minimum absolute atomic E-state index is 0.115. The highest BCUT2D eigenvalue weighted by atomic mass is 16.5. The Hall–Kier alpha value is -2.63. The van der Waals surface area contributed by atoms with E-state index in [-0.39, 0.29) is 5.91 Å². The maximum atomic E-state index is 12.2. The highest BCUT2D eigenvalue weighted by molar-refractivity contribution is 5.91. The largest absolute Gasteiger partial charge is 0.495 e. The predicted octanol–water partition coefficient (Wildman–Crippen LogP) is 3.41. The first-order valence-corrected chi connectivity index (χ1v) is 8.04. The molecule has 0 saturated carbocycles. The van der Waals surface area contributed by atoms with Crippen LogP contribution in [0.3, 0.4) is 0 Å². The summed E-state index contributed by atoms with van der Waals surface area (Å²) in [5.41, 5.74) is 2.26. The molecule has 2 rings (SSSR count). The van der Waals surface area contributed by atoms with E-state index >= 15 is 0 Å². The highest BCUT2D eigenvalue weighted by Gasteiger charge is 2.13. The van der Waals surface area contributed by atoms with Crippen molar-refractivity contribution in [3.63, 3.8) is 0 Å². The summed E-state index contributed by atoms with van der Waals surface area (Å²) in [5.74, 6) is 1.17. The number of benzene rings is 1. The zero-order valence-corrected chi connectivity index (χ0v) is 14.7. The minimum atomic E-state index is -0.115. The maximum Gasteiger partial charge on any atom is 0.273 e. The van der Waals surface area contributed by atoms with Gasteiger partial charge in [0.1, 0.15) is 17.3 Å². The van der Waals surface area contributed by atoms with Crippen molar-refractivity contribution >= 4 is 17.4 Å². The van der Waals surface area contributed by atoms with Gasteiger partial charge in [-0.2, -0.15) is 0 Å². The van der Waals surface area contributed by atoms with Gasteiger partial charge in [0.05, 0.1) is 25.2 Å². The number of carbonyl (C=O) groups is 1. The van der Waals surface area contributed by atoms with E-state index in [1.165, 1.54) is 6.20 Å². The Kier molecular flexibility index (Phi) is 6.12. The first-order valence-electron chi connectivity index (χ1n) is 8.04. The van der Waals surface area contributed by atoms with Crippen LogP contribution in [-0.2, 0) is 0 Å². The second-order valence-electron chi connectivity index (χ2n) is 5.70. The summed E-state index contributed by atoms with van der Waals surface area (Å²) in [4.78, 5) is 22.4. The van der Waals surface area contributed by atoms with Gasteiger partial charge in [0.25, 0.3) is 5.91 Å². The Balaban J connectivity index is 2.10. The topological polar surface area (TPSA) is 67.4 Å². The monoisotopic (exact) mass is 328 g/mol.